The molecule has 0 unspecified atom stereocenters. The van der Waals surface area contributed by atoms with Crippen LogP contribution in [-0.2, 0) is 5.41 Å². The second-order valence-electron chi connectivity index (χ2n) is 6.51. The first-order valence-corrected chi connectivity index (χ1v) is 7.17. The summed E-state index contributed by atoms with van der Waals surface area (Å²) in [6, 6.07) is 2.00. The van der Waals surface area contributed by atoms with Gasteiger partial charge in [0.2, 0.25) is 0 Å². The van der Waals surface area contributed by atoms with E-state index in [-0.39, 0.29) is 5.41 Å². The molecule has 1 aromatic rings. The van der Waals surface area contributed by atoms with Gasteiger partial charge < -0.3 is 15.1 Å². The predicted molar refractivity (Wildman–Crippen MR) is 86.7 cm³/mol. The Hall–Kier alpha value is -1.36. The number of aromatic nitrogens is 2. The van der Waals surface area contributed by atoms with Gasteiger partial charge in [0, 0.05) is 32.1 Å². The van der Waals surface area contributed by atoms with E-state index < -0.39 is 0 Å². The average Bonchev–Trinajstić information content (AvgIpc) is 2.36. The molecule has 0 aliphatic carbocycles. The van der Waals surface area contributed by atoms with Crippen LogP contribution in [0.4, 0.5) is 11.6 Å². The molecule has 5 nitrogen and oxygen atoms in total. The van der Waals surface area contributed by atoms with E-state index in [1.807, 2.05) is 13.1 Å². The van der Waals surface area contributed by atoms with Crippen molar-refractivity contribution in [3.63, 3.8) is 0 Å². The Kier molecular flexibility index (Phi) is 5.74. The fourth-order valence-corrected chi connectivity index (χ4v) is 1.83. The van der Waals surface area contributed by atoms with Crippen LogP contribution in [-0.4, -0.2) is 56.1 Å². The second-order valence-corrected chi connectivity index (χ2v) is 6.51. The average molecular weight is 279 g/mol. The van der Waals surface area contributed by atoms with Crippen molar-refractivity contribution in [3.8, 4) is 0 Å². The third-order valence-electron chi connectivity index (χ3n) is 3.13. The van der Waals surface area contributed by atoms with Gasteiger partial charge in [-0.1, -0.05) is 20.8 Å². The van der Waals surface area contributed by atoms with Gasteiger partial charge >= 0.3 is 0 Å². The van der Waals surface area contributed by atoms with Crippen LogP contribution in [0.25, 0.3) is 0 Å². The fraction of sp³-hybridized carbons (Fsp3) is 0.733. The van der Waals surface area contributed by atoms with Gasteiger partial charge in [-0.3, -0.25) is 0 Å². The van der Waals surface area contributed by atoms with Gasteiger partial charge in [0.05, 0.1) is 0 Å². The van der Waals surface area contributed by atoms with E-state index in [1.165, 1.54) is 0 Å². The zero-order valence-corrected chi connectivity index (χ0v) is 14.0. The van der Waals surface area contributed by atoms with E-state index in [4.69, 9.17) is 4.98 Å². The smallest absolute Gasteiger partial charge is 0.138 e. The summed E-state index contributed by atoms with van der Waals surface area (Å²) in [5.74, 6) is 2.73. The summed E-state index contributed by atoms with van der Waals surface area (Å²) in [6.45, 7) is 8.48. The number of nitrogens with one attached hydrogen (secondary N) is 1. The number of rotatable bonds is 6. The molecule has 1 rings (SSSR count). The number of hydrogen-bond acceptors (Lipinski definition) is 5. The maximum absolute atomic E-state index is 4.71. The van der Waals surface area contributed by atoms with Crippen LogP contribution >= 0.6 is 0 Å². The predicted octanol–water partition coefficient (Wildman–Crippen LogP) is 2.20. The maximum atomic E-state index is 4.71. The van der Waals surface area contributed by atoms with Crippen LogP contribution < -0.4 is 10.2 Å². The standard InChI is InChI=1S/C15H29N5/c1-15(2,3)14-17-12(16-4)11-13(18-14)20(7)10-8-9-19(5)6/h11H,8-10H2,1-7H3,(H,16,17,18). The Labute approximate surface area is 123 Å². The van der Waals surface area contributed by atoms with Crippen LogP contribution in [0.15, 0.2) is 6.07 Å². The van der Waals surface area contributed by atoms with Crippen LogP contribution in [0.2, 0.25) is 0 Å². The Morgan fingerprint density at radius 3 is 2.25 bits per heavy atom. The summed E-state index contributed by atoms with van der Waals surface area (Å²) in [5.41, 5.74) is -0.0495. The molecule has 0 radical (unpaired) electrons. The molecule has 0 amide bonds. The lowest BCUT2D eigenvalue weighted by Gasteiger charge is -2.23. The van der Waals surface area contributed by atoms with Crippen molar-refractivity contribution in [2.75, 3.05) is 51.5 Å². The van der Waals surface area contributed by atoms with E-state index >= 15 is 0 Å². The maximum Gasteiger partial charge on any atom is 0.138 e. The largest absolute Gasteiger partial charge is 0.373 e. The highest BCUT2D eigenvalue weighted by Crippen LogP contribution is 2.23. The number of nitrogens with zero attached hydrogens (tertiary/aromatic N) is 4. The molecule has 0 atom stereocenters. The van der Waals surface area contributed by atoms with Crippen LogP contribution in [0.3, 0.4) is 0 Å². The molecule has 1 N–H and O–H groups in total. The monoisotopic (exact) mass is 279 g/mol. The lowest BCUT2D eigenvalue weighted by molar-refractivity contribution is 0.401. The van der Waals surface area contributed by atoms with Crippen molar-refractivity contribution >= 4 is 11.6 Å². The van der Waals surface area contributed by atoms with Gasteiger partial charge in [-0.05, 0) is 27.1 Å². The molecule has 20 heavy (non-hydrogen) atoms. The molecule has 0 bridgehead atoms. The molecule has 0 saturated carbocycles. The molecular formula is C15H29N5. The van der Waals surface area contributed by atoms with Crippen molar-refractivity contribution in [3.05, 3.63) is 11.9 Å². The van der Waals surface area contributed by atoms with Crippen LogP contribution in [0.1, 0.15) is 33.0 Å². The SMILES string of the molecule is CNc1cc(N(C)CCCN(C)C)nc(C(C)(C)C)n1. The first kappa shape index (κ1) is 16.7. The number of hydrogen-bond donors (Lipinski definition) is 1. The minimum atomic E-state index is -0.0495. The summed E-state index contributed by atoms with van der Waals surface area (Å²) in [6.07, 6.45) is 1.12. The molecule has 0 spiro atoms. The first-order valence-electron chi connectivity index (χ1n) is 7.17. The van der Waals surface area contributed by atoms with Crippen molar-refractivity contribution in [1.82, 2.24) is 14.9 Å². The van der Waals surface area contributed by atoms with Gasteiger partial charge in [-0.25, -0.2) is 9.97 Å². The second kappa shape index (κ2) is 6.88. The highest BCUT2D eigenvalue weighted by atomic mass is 15.2. The van der Waals surface area contributed by atoms with Gasteiger partial charge in [-0.2, -0.15) is 0 Å². The third-order valence-corrected chi connectivity index (χ3v) is 3.13. The molecule has 0 saturated heterocycles. The summed E-state index contributed by atoms with van der Waals surface area (Å²) < 4.78 is 0. The molecule has 114 valence electrons. The minimum absolute atomic E-state index is 0.0495. The summed E-state index contributed by atoms with van der Waals surface area (Å²) >= 11 is 0. The Bertz CT molecular complexity index is 423. The minimum Gasteiger partial charge on any atom is -0.373 e. The normalized spacial score (nSPS) is 11.8. The Morgan fingerprint density at radius 2 is 1.75 bits per heavy atom. The Balaban J connectivity index is 2.88. The fourth-order valence-electron chi connectivity index (χ4n) is 1.83. The molecule has 1 aromatic heterocycles. The summed E-state index contributed by atoms with van der Waals surface area (Å²) in [5, 5.41) is 3.12. The molecule has 0 aliphatic heterocycles. The lowest BCUT2D eigenvalue weighted by atomic mass is 9.96. The molecule has 0 aromatic carbocycles. The molecule has 0 aliphatic rings. The molecule has 5 heteroatoms. The summed E-state index contributed by atoms with van der Waals surface area (Å²) in [7, 11) is 8.18. The van der Waals surface area contributed by atoms with Crippen molar-refractivity contribution in [1.29, 1.82) is 0 Å². The van der Waals surface area contributed by atoms with E-state index in [2.05, 4.69) is 62.0 Å². The van der Waals surface area contributed by atoms with Crippen molar-refractivity contribution in [2.45, 2.75) is 32.6 Å². The zero-order chi connectivity index (χ0) is 15.3. The quantitative estimate of drug-likeness (QED) is 0.865. The van der Waals surface area contributed by atoms with E-state index in [1.54, 1.807) is 0 Å². The number of anilines is 2. The van der Waals surface area contributed by atoms with Gasteiger partial charge in [0.15, 0.2) is 0 Å². The zero-order valence-electron chi connectivity index (χ0n) is 14.0. The van der Waals surface area contributed by atoms with Crippen LogP contribution in [0.5, 0.6) is 0 Å². The van der Waals surface area contributed by atoms with Gasteiger partial charge in [0.1, 0.15) is 17.5 Å². The topological polar surface area (TPSA) is 44.3 Å². The van der Waals surface area contributed by atoms with Gasteiger partial charge in [0.25, 0.3) is 0 Å². The van der Waals surface area contributed by atoms with Crippen LogP contribution in [0, 0.1) is 0 Å². The van der Waals surface area contributed by atoms with Crippen molar-refractivity contribution in [2.24, 2.45) is 0 Å². The van der Waals surface area contributed by atoms with E-state index in [0.717, 1.165) is 37.0 Å². The highest BCUT2D eigenvalue weighted by molar-refractivity contribution is 5.49. The molecular weight excluding hydrogens is 250 g/mol. The first-order chi connectivity index (χ1) is 9.24. The summed E-state index contributed by atoms with van der Waals surface area (Å²) in [4.78, 5) is 13.7. The van der Waals surface area contributed by atoms with E-state index in [9.17, 15) is 0 Å². The van der Waals surface area contributed by atoms with Crippen molar-refractivity contribution < 1.29 is 0 Å². The van der Waals surface area contributed by atoms with E-state index in [0.29, 0.717) is 0 Å². The molecule has 0 fully saturated rings. The van der Waals surface area contributed by atoms with Gasteiger partial charge in [-0.15, -0.1) is 0 Å². The lowest BCUT2D eigenvalue weighted by Crippen LogP contribution is -2.26. The third kappa shape index (κ3) is 4.96. The highest BCUT2D eigenvalue weighted by Gasteiger charge is 2.19. The molecule has 1 heterocycles. The Morgan fingerprint density at radius 1 is 1.10 bits per heavy atom.